The van der Waals surface area contributed by atoms with Gasteiger partial charge in [-0.05, 0) is 37.1 Å². The van der Waals surface area contributed by atoms with E-state index in [-0.39, 0.29) is 57.9 Å². The van der Waals surface area contributed by atoms with Gasteiger partial charge in [0.1, 0.15) is 11.5 Å². The van der Waals surface area contributed by atoms with Gasteiger partial charge in [-0.1, -0.05) is 37.1 Å². The fraction of sp³-hybridized carbons (Fsp3) is 0.300. The Balaban J connectivity index is 0.00000169. The van der Waals surface area contributed by atoms with Crippen LogP contribution in [0.2, 0.25) is 0 Å². The number of rotatable bonds is 4. The van der Waals surface area contributed by atoms with Crippen LogP contribution in [0.15, 0.2) is 58.5 Å². The van der Waals surface area contributed by atoms with E-state index in [1.54, 1.807) is 36.7 Å². The number of para-hydroxylation sites is 2. The number of phenols is 2. The Kier molecular flexibility index (Phi) is 9.65. The second-order valence-corrected chi connectivity index (χ2v) is 6.09. The molecule has 2 aromatic carbocycles. The van der Waals surface area contributed by atoms with E-state index < -0.39 is 0 Å². The third kappa shape index (κ3) is 5.98. The maximum atomic E-state index is 9.84. The maximum Gasteiger partial charge on any atom is 0.124 e. The average Bonchev–Trinajstić information content (AvgIpc) is 2.61. The van der Waals surface area contributed by atoms with Gasteiger partial charge in [0.25, 0.3) is 0 Å². The summed E-state index contributed by atoms with van der Waals surface area (Å²) in [6.45, 7) is 0. The summed E-state index contributed by atoms with van der Waals surface area (Å²) in [5, 5.41) is 19.7. The van der Waals surface area contributed by atoms with Crippen LogP contribution in [0.3, 0.4) is 0 Å². The number of aliphatic imine (C=N–C) groups is 2. The van der Waals surface area contributed by atoms with Crippen molar-refractivity contribution >= 4 is 12.4 Å². The minimum atomic E-state index is 0. The van der Waals surface area contributed by atoms with Crippen LogP contribution in [0.1, 0.15) is 36.8 Å². The summed E-state index contributed by atoms with van der Waals surface area (Å²) in [6.07, 6.45) is 7.76. The number of benzene rings is 2. The Morgan fingerprint density at radius 2 is 1.12 bits per heavy atom. The van der Waals surface area contributed by atoms with Gasteiger partial charge in [-0.2, -0.15) is 0 Å². The van der Waals surface area contributed by atoms with E-state index in [1.165, 1.54) is 0 Å². The zero-order chi connectivity index (χ0) is 16.8. The van der Waals surface area contributed by atoms with E-state index in [9.17, 15) is 10.2 Å². The Morgan fingerprint density at radius 3 is 1.50 bits per heavy atom. The second-order valence-electron chi connectivity index (χ2n) is 6.09. The van der Waals surface area contributed by atoms with E-state index in [4.69, 9.17) is 0 Å². The van der Waals surface area contributed by atoms with Gasteiger partial charge in [0, 0.05) is 40.9 Å². The number of hydrogen-bond acceptors (Lipinski definition) is 4. The topological polar surface area (TPSA) is 65.2 Å². The molecule has 6 heteroatoms. The molecule has 0 aromatic heterocycles. The van der Waals surface area contributed by atoms with Crippen molar-refractivity contribution in [2.24, 2.45) is 9.98 Å². The molecule has 2 N–H and O–H groups in total. The molecule has 0 spiro atoms. The molecule has 138 valence electrons. The standard InChI is InChI=1S/C20H22N2O2.BrH.Cr/c23-19-11-5-1-7-15(19)13-21-17-9-3-4-10-18(17)22-14-16-8-2-6-12-20(16)24;;/h1-2,5-8,11-14,17-18,23-24H,3-4,9-10H2;1H;/p-1/t17-,18-;;/m1../s1. The Labute approximate surface area is 175 Å². The van der Waals surface area contributed by atoms with Gasteiger partial charge in [0.15, 0.2) is 0 Å². The van der Waals surface area contributed by atoms with Gasteiger partial charge in [0.2, 0.25) is 0 Å². The van der Waals surface area contributed by atoms with E-state index in [2.05, 4.69) is 9.98 Å². The number of nitrogens with zero attached hydrogens (tertiary/aromatic N) is 2. The summed E-state index contributed by atoms with van der Waals surface area (Å²) < 4.78 is 0. The minimum Gasteiger partial charge on any atom is -1.00 e. The first kappa shape index (κ1) is 22.4. The average molecular weight is 454 g/mol. The van der Waals surface area contributed by atoms with Crippen molar-refractivity contribution in [2.45, 2.75) is 37.8 Å². The molecule has 0 bridgehead atoms. The van der Waals surface area contributed by atoms with Crippen LogP contribution in [-0.4, -0.2) is 34.7 Å². The quantitative estimate of drug-likeness (QED) is 0.676. The van der Waals surface area contributed by atoms with Gasteiger partial charge in [-0.3, -0.25) is 9.98 Å². The van der Waals surface area contributed by atoms with Crippen molar-refractivity contribution in [3.63, 3.8) is 0 Å². The normalized spacial score (nSPS) is 19.8. The van der Waals surface area contributed by atoms with Crippen molar-refractivity contribution in [1.82, 2.24) is 0 Å². The van der Waals surface area contributed by atoms with Gasteiger partial charge in [-0.25, -0.2) is 0 Å². The fourth-order valence-corrected chi connectivity index (χ4v) is 2.98. The van der Waals surface area contributed by atoms with Crippen LogP contribution in [0, 0.1) is 0 Å². The van der Waals surface area contributed by atoms with Crippen LogP contribution >= 0.6 is 0 Å². The van der Waals surface area contributed by atoms with Crippen molar-refractivity contribution in [2.75, 3.05) is 0 Å². The zero-order valence-electron chi connectivity index (χ0n) is 14.3. The van der Waals surface area contributed by atoms with Crippen LogP contribution in [0.4, 0.5) is 0 Å². The molecule has 2 aromatic rings. The number of aromatic hydroxyl groups is 2. The summed E-state index contributed by atoms with van der Waals surface area (Å²) in [7, 11) is 0. The molecule has 1 aliphatic rings. The zero-order valence-corrected chi connectivity index (χ0v) is 17.2. The van der Waals surface area contributed by atoms with Crippen molar-refractivity contribution < 1.29 is 44.6 Å². The number of halogens is 1. The second kappa shape index (κ2) is 11.2. The molecular weight excluding hydrogens is 432 g/mol. The SMILES string of the molecule is Oc1ccccc1C=N[C@@H]1CCCC[C@H]1N=Cc1ccccc1O.[Br-].[Cr]. The van der Waals surface area contributed by atoms with Crippen molar-refractivity contribution in [1.29, 1.82) is 0 Å². The summed E-state index contributed by atoms with van der Waals surface area (Å²) in [4.78, 5) is 9.34. The summed E-state index contributed by atoms with van der Waals surface area (Å²) >= 11 is 0. The first-order valence-corrected chi connectivity index (χ1v) is 8.36. The van der Waals surface area contributed by atoms with E-state index in [0.29, 0.717) is 0 Å². The molecule has 0 aliphatic heterocycles. The molecule has 26 heavy (non-hydrogen) atoms. The molecule has 1 saturated carbocycles. The summed E-state index contributed by atoms with van der Waals surface area (Å²) in [6, 6.07) is 14.6. The molecular formula is C20H22BrCrN2O2-. The molecule has 1 aliphatic carbocycles. The molecule has 3 rings (SSSR count). The molecule has 2 atom stereocenters. The van der Waals surface area contributed by atoms with Gasteiger partial charge < -0.3 is 27.2 Å². The molecule has 0 radical (unpaired) electrons. The number of hydrogen-bond donors (Lipinski definition) is 2. The Morgan fingerprint density at radius 1 is 0.731 bits per heavy atom. The van der Waals surface area contributed by atoms with E-state index in [0.717, 1.165) is 36.8 Å². The first-order chi connectivity index (χ1) is 11.7. The van der Waals surface area contributed by atoms with E-state index in [1.807, 2.05) is 24.3 Å². The molecule has 0 saturated heterocycles. The summed E-state index contributed by atoms with van der Waals surface area (Å²) in [5.41, 5.74) is 1.46. The largest absolute Gasteiger partial charge is 1.00 e. The van der Waals surface area contributed by atoms with Gasteiger partial charge >= 0.3 is 0 Å². The monoisotopic (exact) mass is 453 g/mol. The molecule has 0 unspecified atom stereocenters. The van der Waals surface area contributed by atoms with Crippen LogP contribution in [-0.2, 0) is 17.4 Å². The fourth-order valence-electron chi connectivity index (χ4n) is 2.98. The maximum absolute atomic E-state index is 9.84. The van der Waals surface area contributed by atoms with Crippen LogP contribution in [0.5, 0.6) is 11.5 Å². The van der Waals surface area contributed by atoms with Crippen LogP contribution in [0.25, 0.3) is 0 Å². The smallest absolute Gasteiger partial charge is 0.124 e. The Bertz CT molecular complexity index is 689. The molecule has 4 nitrogen and oxygen atoms in total. The predicted molar refractivity (Wildman–Crippen MR) is 97.4 cm³/mol. The molecule has 1 fully saturated rings. The molecule has 0 amide bonds. The van der Waals surface area contributed by atoms with Crippen molar-refractivity contribution in [3.8, 4) is 11.5 Å². The number of phenolic OH excluding ortho intramolecular Hbond substituents is 2. The van der Waals surface area contributed by atoms with Crippen molar-refractivity contribution in [3.05, 3.63) is 59.7 Å². The van der Waals surface area contributed by atoms with Crippen LogP contribution < -0.4 is 17.0 Å². The van der Waals surface area contributed by atoms with Gasteiger partial charge in [-0.15, -0.1) is 0 Å². The summed E-state index contributed by atoms with van der Waals surface area (Å²) in [5.74, 6) is 0.484. The Hall–Kier alpha value is -1.61. The molecule has 0 heterocycles. The van der Waals surface area contributed by atoms with Gasteiger partial charge in [0.05, 0.1) is 12.1 Å². The first-order valence-electron chi connectivity index (χ1n) is 8.36. The predicted octanol–water partition coefficient (Wildman–Crippen LogP) is 0.948. The van der Waals surface area contributed by atoms with E-state index >= 15 is 0 Å². The third-order valence-electron chi connectivity index (χ3n) is 4.38. The minimum absolute atomic E-state index is 0. The third-order valence-corrected chi connectivity index (χ3v) is 4.38.